The number of allylic oxidation sites excluding steroid dienone is 1. The number of anilines is 3. The molecule has 2 atom stereocenters. The van der Waals surface area contributed by atoms with Gasteiger partial charge in [0.15, 0.2) is 0 Å². The highest BCUT2D eigenvalue weighted by Crippen LogP contribution is 2.52. The zero-order valence-corrected chi connectivity index (χ0v) is 21.1. The quantitative estimate of drug-likeness (QED) is 0.264. The summed E-state index contributed by atoms with van der Waals surface area (Å²) in [5.74, 6) is 5.34. The number of pyridine rings is 1. The minimum Gasteiger partial charge on any atom is -0.367 e. The fourth-order valence-corrected chi connectivity index (χ4v) is 5.73. The van der Waals surface area contributed by atoms with Gasteiger partial charge in [0.05, 0.1) is 28.8 Å². The first-order valence-corrected chi connectivity index (χ1v) is 12.5. The standard InChI is InChI=1S/C32H24N6/c1-4-8-26-25-18-22(20-34)13-15-28(25)38(32(26,3)5-2)30-11-6-10-29(36-30)37-27-14-12-21(19-33)17-24(27)23-9-7-16-35-31(23)37/h2,4,6-15,17-18,26,35H,16H2,1,3H3/b8-4-/t26?,32-/m1/s1. The summed E-state index contributed by atoms with van der Waals surface area (Å²) in [6.45, 7) is 4.72. The number of rotatable bonds is 3. The predicted molar refractivity (Wildman–Crippen MR) is 151 cm³/mol. The molecule has 0 radical (unpaired) electrons. The monoisotopic (exact) mass is 492 g/mol. The highest BCUT2D eigenvalue weighted by molar-refractivity contribution is 5.99. The van der Waals surface area contributed by atoms with Crippen LogP contribution in [0.25, 0.3) is 22.8 Å². The lowest BCUT2D eigenvalue weighted by Crippen LogP contribution is -2.42. The van der Waals surface area contributed by atoms with Gasteiger partial charge in [0.1, 0.15) is 23.0 Å². The van der Waals surface area contributed by atoms with Gasteiger partial charge in [0, 0.05) is 29.1 Å². The maximum Gasteiger partial charge on any atom is 0.141 e. The van der Waals surface area contributed by atoms with E-state index in [1.54, 1.807) is 0 Å². The van der Waals surface area contributed by atoms with E-state index in [9.17, 15) is 10.5 Å². The Morgan fingerprint density at radius 1 is 1.08 bits per heavy atom. The molecule has 6 nitrogen and oxygen atoms in total. The van der Waals surface area contributed by atoms with E-state index in [4.69, 9.17) is 11.4 Å². The van der Waals surface area contributed by atoms with Crippen molar-refractivity contribution in [3.05, 3.63) is 95.1 Å². The van der Waals surface area contributed by atoms with E-state index >= 15 is 0 Å². The number of nitrogens with zero attached hydrogens (tertiary/aromatic N) is 5. The molecule has 0 bridgehead atoms. The third kappa shape index (κ3) is 3.23. The van der Waals surface area contributed by atoms with Gasteiger partial charge < -0.3 is 10.2 Å². The van der Waals surface area contributed by atoms with E-state index < -0.39 is 5.54 Å². The van der Waals surface area contributed by atoms with Crippen LogP contribution in [0.5, 0.6) is 0 Å². The van der Waals surface area contributed by atoms with Gasteiger partial charge >= 0.3 is 0 Å². The average molecular weight is 493 g/mol. The lowest BCUT2D eigenvalue weighted by Gasteiger charge is -2.35. The molecule has 1 N–H and O–H groups in total. The molecule has 0 aliphatic carbocycles. The largest absolute Gasteiger partial charge is 0.367 e. The topological polar surface area (TPSA) is 80.7 Å². The summed E-state index contributed by atoms with van der Waals surface area (Å²) in [7, 11) is 0. The number of aromatic nitrogens is 2. The minimum atomic E-state index is -0.727. The Hall–Kier alpha value is -5.25. The second-order valence-corrected chi connectivity index (χ2v) is 9.59. The van der Waals surface area contributed by atoms with Crippen LogP contribution in [0.4, 0.5) is 17.3 Å². The zero-order valence-electron chi connectivity index (χ0n) is 21.1. The number of benzene rings is 2. The molecular weight excluding hydrogens is 468 g/mol. The first-order valence-electron chi connectivity index (χ1n) is 12.5. The fraction of sp³-hybridized carbons (Fsp3) is 0.156. The van der Waals surface area contributed by atoms with E-state index in [1.807, 2.05) is 74.5 Å². The van der Waals surface area contributed by atoms with Gasteiger partial charge in [-0.1, -0.05) is 36.3 Å². The van der Waals surface area contributed by atoms with Crippen molar-refractivity contribution in [3.63, 3.8) is 0 Å². The van der Waals surface area contributed by atoms with E-state index in [-0.39, 0.29) is 5.92 Å². The van der Waals surface area contributed by atoms with E-state index in [1.165, 1.54) is 0 Å². The third-order valence-electron chi connectivity index (χ3n) is 7.47. The highest BCUT2D eigenvalue weighted by atomic mass is 15.3. The van der Waals surface area contributed by atoms with Gasteiger partial charge in [-0.2, -0.15) is 10.5 Å². The molecule has 0 saturated carbocycles. The number of hydrogen-bond donors (Lipinski definition) is 1. The van der Waals surface area contributed by atoms with Crippen LogP contribution in [0.2, 0.25) is 0 Å². The van der Waals surface area contributed by atoms with Crippen LogP contribution < -0.4 is 10.2 Å². The van der Waals surface area contributed by atoms with Crippen LogP contribution >= 0.6 is 0 Å². The molecule has 38 heavy (non-hydrogen) atoms. The van der Waals surface area contributed by atoms with Crippen LogP contribution in [0.3, 0.4) is 0 Å². The van der Waals surface area contributed by atoms with Crippen LogP contribution in [-0.4, -0.2) is 21.6 Å². The van der Waals surface area contributed by atoms with Crippen LogP contribution in [-0.2, 0) is 0 Å². The van der Waals surface area contributed by atoms with Gasteiger partial charge in [0.25, 0.3) is 0 Å². The lowest BCUT2D eigenvalue weighted by molar-refractivity contribution is 0.564. The number of nitrogens with one attached hydrogen (secondary N) is 1. The Morgan fingerprint density at radius 2 is 1.84 bits per heavy atom. The molecule has 6 rings (SSSR count). The summed E-state index contributed by atoms with van der Waals surface area (Å²) in [6.07, 6.45) is 14.5. The number of fused-ring (bicyclic) bond motifs is 4. The number of nitriles is 2. The molecule has 0 fully saturated rings. The summed E-state index contributed by atoms with van der Waals surface area (Å²) < 4.78 is 2.10. The van der Waals surface area contributed by atoms with Crippen LogP contribution in [0, 0.1) is 35.0 Å². The first kappa shape index (κ1) is 23.2. The summed E-state index contributed by atoms with van der Waals surface area (Å²) >= 11 is 0. The Balaban J connectivity index is 1.57. The summed E-state index contributed by atoms with van der Waals surface area (Å²) in [4.78, 5) is 7.26. The van der Waals surface area contributed by atoms with E-state index in [0.29, 0.717) is 17.7 Å². The molecule has 0 amide bonds. The summed E-state index contributed by atoms with van der Waals surface area (Å²) in [6, 6.07) is 21.9. The molecule has 2 aromatic carbocycles. The van der Waals surface area contributed by atoms with Crippen LogP contribution in [0.15, 0.2) is 72.8 Å². The first-order chi connectivity index (χ1) is 18.5. The Labute approximate surface area is 221 Å². The number of terminal acetylenes is 1. The lowest BCUT2D eigenvalue weighted by atomic mass is 9.83. The van der Waals surface area contributed by atoms with Gasteiger partial charge in [-0.25, -0.2) is 4.98 Å². The van der Waals surface area contributed by atoms with Gasteiger partial charge in [0.2, 0.25) is 0 Å². The minimum absolute atomic E-state index is 0.109. The van der Waals surface area contributed by atoms with E-state index in [2.05, 4.69) is 51.1 Å². The second-order valence-electron chi connectivity index (χ2n) is 9.59. The normalized spacial score (nSPS) is 19.4. The molecule has 0 saturated heterocycles. The molecule has 0 spiro atoms. The molecular formula is C32H24N6. The second kappa shape index (κ2) is 8.70. The maximum atomic E-state index is 9.55. The third-order valence-corrected chi connectivity index (χ3v) is 7.47. The van der Waals surface area contributed by atoms with Gasteiger partial charge in [-0.3, -0.25) is 4.57 Å². The molecule has 182 valence electrons. The van der Waals surface area contributed by atoms with Crippen molar-refractivity contribution < 1.29 is 0 Å². The van der Waals surface area contributed by atoms with Crippen molar-refractivity contribution in [2.24, 2.45) is 0 Å². The molecule has 4 heterocycles. The van der Waals surface area contributed by atoms with Crippen molar-refractivity contribution in [1.82, 2.24) is 9.55 Å². The van der Waals surface area contributed by atoms with Crippen molar-refractivity contribution in [2.75, 3.05) is 16.8 Å². The Kier molecular flexibility index (Phi) is 5.30. The smallest absolute Gasteiger partial charge is 0.141 e. The average Bonchev–Trinajstić information content (AvgIpc) is 3.42. The summed E-state index contributed by atoms with van der Waals surface area (Å²) in [5.41, 5.74) is 4.43. The molecule has 4 aromatic rings. The molecule has 2 aromatic heterocycles. The molecule has 2 aliphatic rings. The predicted octanol–water partition coefficient (Wildman–Crippen LogP) is 6.41. The highest BCUT2D eigenvalue weighted by Gasteiger charge is 2.47. The fourth-order valence-electron chi connectivity index (χ4n) is 5.73. The van der Waals surface area contributed by atoms with Crippen molar-refractivity contribution in [3.8, 4) is 30.3 Å². The molecule has 6 heteroatoms. The Bertz CT molecular complexity index is 1800. The summed E-state index contributed by atoms with van der Waals surface area (Å²) in [5, 5.41) is 23.5. The van der Waals surface area contributed by atoms with Gasteiger partial charge in [-0.05, 0) is 67.9 Å². The maximum absolute atomic E-state index is 9.55. The Morgan fingerprint density at radius 3 is 2.61 bits per heavy atom. The zero-order chi connectivity index (χ0) is 26.4. The van der Waals surface area contributed by atoms with Crippen molar-refractivity contribution in [1.29, 1.82) is 10.5 Å². The van der Waals surface area contributed by atoms with E-state index in [0.717, 1.165) is 45.2 Å². The number of hydrogen-bond acceptors (Lipinski definition) is 5. The van der Waals surface area contributed by atoms with Crippen molar-refractivity contribution >= 4 is 34.3 Å². The molecule has 2 aliphatic heterocycles. The van der Waals surface area contributed by atoms with Gasteiger partial charge in [-0.15, -0.1) is 6.42 Å². The van der Waals surface area contributed by atoms with Crippen LogP contribution in [0.1, 0.15) is 42.0 Å². The SMILES string of the molecule is C#C[C@]1(C)C(/C=C\C)c2cc(C#N)ccc2N1c1cccc(-n2c3c(c4cc(C#N)ccc42)C=CCN3)n1. The van der Waals surface area contributed by atoms with Crippen molar-refractivity contribution in [2.45, 2.75) is 25.3 Å². The molecule has 1 unspecified atom stereocenters.